The fraction of sp³-hybridized carbons (Fsp3) is 0.462. The van der Waals surface area contributed by atoms with Crippen molar-refractivity contribution in [3.63, 3.8) is 0 Å². The second-order valence-electron chi connectivity index (χ2n) is 4.61. The van der Waals surface area contributed by atoms with Gasteiger partial charge in [0.15, 0.2) is 0 Å². The highest BCUT2D eigenvalue weighted by molar-refractivity contribution is 7.98. The molecule has 0 saturated heterocycles. The first-order chi connectivity index (χ1) is 7.79. The van der Waals surface area contributed by atoms with Gasteiger partial charge < -0.3 is 5.73 Å². The Labute approximate surface area is 100 Å². The van der Waals surface area contributed by atoms with E-state index in [2.05, 4.69) is 29.4 Å². The van der Waals surface area contributed by atoms with Crippen LogP contribution < -0.4 is 5.73 Å². The maximum atomic E-state index is 6.07. The molecule has 0 amide bonds. The molecule has 3 rings (SSSR count). The molecule has 1 aliphatic carbocycles. The Kier molecular flexibility index (Phi) is 2.43. The van der Waals surface area contributed by atoms with Crippen LogP contribution in [0.5, 0.6) is 0 Å². The van der Waals surface area contributed by atoms with Crippen LogP contribution in [0.1, 0.15) is 30.7 Å². The molecule has 2 N–H and O–H groups in total. The first kappa shape index (κ1) is 10.2. The molecule has 0 aromatic heterocycles. The van der Waals surface area contributed by atoms with Crippen LogP contribution in [-0.4, -0.2) is 12.1 Å². The topological polar surface area (TPSA) is 38.4 Å². The first-order valence-corrected chi connectivity index (χ1v) is 7.04. The van der Waals surface area contributed by atoms with Crippen LogP contribution in [0.25, 0.3) is 0 Å². The fourth-order valence-corrected chi connectivity index (χ4v) is 3.40. The SMILES string of the molecule is CSc1ccc2c(c1)N=C(N)C1CCCC21. The van der Waals surface area contributed by atoms with Gasteiger partial charge in [-0.05, 0) is 42.7 Å². The van der Waals surface area contributed by atoms with Crippen LogP contribution in [0.4, 0.5) is 5.69 Å². The van der Waals surface area contributed by atoms with Gasteiger partial charge >= 0.3 is 0 Å². The maximum Gasteiger partial charge on any atom is 0.103 e. The molecule has 1 fully saturated rings. The van der Waals surface area contributed by atoms with Crippen molar-refractivity contribution in [2.45, 2.75) is 30.1 Å². The second-order valence-corrected chi connectivity index (χ2v) is 5.48. The maximum absolute atomic E-state index is 6.07. The summed E-state index contributed by atoms with van der Waals surface area (Å²) in [5, 5.41) is 0. The molecule has 2 nitrogen and oxygen atoms in total. The quantitative estimate of drug-likeness (QED) is 0.754. The Bertz CT molecular complexity index is 453. The number of nitrogens with two attached hydrogens (primary N) is 1. The van der Waals surface area contributed by atoms with Gasteiger partial charge in [0, 0.05) is 10.8 Å². The number of nitrogens with zero attached hydrogens (tertiary/aromatic N) is 1. The summed E-state index contributed by atoms with van der Waals surface area (Å²) < 4.78 is 0. The summed E-state index contributed by atoms with van der Waals surface area (Å²) in [6.45, 7) is 0. The smallest absolute Gasteiger partial charge is 0.103 e. The van der Waals surface area contributed by atoms with Crippen LogP contribution in [0.2, 0.25) is 0 Å². The Morgan fingerprint density at radius 3 is 2.94 bits per heavy atom. The summed E-state index contributed by atoms with van der Waals surface area (Å²) in [5.41, 5.74) is 8.59. The van der Waals surface area contributed by atoms with E-state index in [4.69, 9.17) is 5.73 Å². The Hall–Kier alpha value is -0.960. The molecule has 2 unspecified atom stereocenters. The van der Waals surface area contributed by atoms with Gasteiger partial charge in [-0.3, -0.25) is 0 Å². The molecule has 3 heteroatoms. The number of benzene rings is 1. The summed E-state index contributed by atoms with van der Waals surface area (Å²) >= 11 is 1.76. The summed E-state index contributed by atoms with van der Waals surface area (Å²) in [4.78, 5) is 5.85. The molecule has 0 spiro atoms. The van der Waals surface area contributed by atoms with Crippen molar-refractivity contribution >= 4 is 23.3 Å². The van der Waals surface area contributed by atoms with Crippen molar-refractivity contribution in [2.75, 3.05) is 6.26 Å². The molecule has 16 heavy (non-hydrogen) atoms. The number of fused-ring (bicyclic) bond motifs is 3. The number of amidine groups is 1. The molecule has 1 heterocycles. The third-order valence-corrected chi connectivity index (χ3v) is 4.51. The van der Waals surface area contributed by atoms with Gasteiger partial charge in [-0.15, -0.1) is 11.8 Å². The van der Waals surface area contributed by atoms with Crippen LogP contribution in [0.15, 0.2) is 28.1 Å². The van der Waals surface area contributed by atoms with Gasteiger partial charge in [-0.2, -0.15) is 0 Å². The monoisotopic (exact) mass is 232 g/mol. The lowest BCUT2D eigenvalue weighted by Gasteiger charge is -2.26. The minimum Gasteiger partial charge on any atom is -0.387 e. The van der Waals surface area contributed by atoms with E-state index in [1.807, 2.05) is 0 Å². The lowest BCUT2D eigenvalue weighted by atomic mass is 9.85. The predicted molar refractivity (Wildman–Crippen MR) is 69.6 cm³/mol. The van der Waals surface area contributed by atoms with E-state index < -0.39 is 0 Å². The first-order valence-electron chi connectivity index (χ1n) is 5.81. The van der Waals surface area contributed by atoms with Crippen molar-refractivity contribution in [2.24, 2.45) is 16.6 Å². The highest BCUT2D eigenvalue weighted by atomic mass is 32.2. The highest BCUT2D eigenvalue weighted by Gasteiger charge is 2.35. The molecular weight excluding hydrogens is 216 g/mol. The van der Waals surface area contributed by atoms with Crippen LogP contribution >= 0.6 is 11.8 Å². The van der Waals surface area contributed by atoms with Crippen LogP contribution in [-0.2, 0) is 0 Å². The van der Waals surface area contributed by atoms with E-state index in [0.29, 0.717) is 11.8 Å². The van der Waals surface area contributed by atoms with Gasteiger partial charge in [-0.1, -0.05) is 12.5 Å². The van der Waals surface area contributed by atoms with Gasteiger partial charge in [0.1, 0.15) is 5.84 Å². The zero-order valence-electron chi connectivity index (χ0n) is 9.44. The summed E-state index contributed by atoms with van der Waals surface area (Å²) in [6, 6.07) is 6.62. The van der Waals surface area contributed by atoms with E-state index in [9.17, 15) is 0 Å². The largest absolute Gasteiger partial charge is 0.387 e. The average molecular weight is 232 g/mol. The van der Waals surface area contributed by atoms with Crippen molar-refractivity contribution < 1.29 is 0 Å². The zero-order valence-corrected chi connectivity index (χ0v) is 10.3. The molecule has 1 aromatic carbocycles. The van der Waals surface area contributed by atoms with Crippen LogP contribution in [0, 0.1) is 5.92 Å². The Morgan fingerprint density at radius 1 is 1.31 bits per heavy atom. The van der Waals surface area contributed by atoms with Gasteiger partial charge in [0.05, 0.1) is 5.69 Å². The van der Waals surface area contributed by atoms with Gasteiger partial charge in [0.2, 0.25) is 0 Å². The van der Waals surface area contributed by atoms with E-state index in [1.165, 1.54) is 29.7 Å². The Balaban J connectivity index is 2.11. The second kappa shape index (κ2) is 3.81. The van der Waals surface area contributed by atoms with Crippen molar-refractivity contribution in [1.29, 1.82) is 0 Å². The molecule has 1 aromatic rings. The minimum absolute atomic E-state index is 0.507. The number of hydrogen-bond acceptors (Lipinski definition) is 3. The third kappa shape index (κ3) is 1.46. The van der Waals surface area contributed by atoms with Gasteiger partial charge in [-0.25, -0.2) is 4.99 Å². The molecule has 1 aliphatic heterocycles. The number of hydrogen-bond donors (Lipinski definition) is 1. The predicted octanol–water partition coefficient (Wildman–Crippen LogP) is 3.29. The number of aliphatic imine (C=N–C) groups is 1. The van der Waals surface area contributed by atoms with Gasteiger partial charge in [0.25, 0.3) is 0 Å². The standard InChI is InChI=1S/C13H16N2S/c1-16-8-5-6-10-9-3-2-4-11(9)13(14)15-12(10)7-8/h5-7,9,11H,2-4H2,1H3,(H2,14,15). The lowest BCUT2D eigenvalue weighted by molar-refractivity contribution is 0.609. The van der Waals surface area contributed by atoms with Crippen molar-refractivity contribution in [3.8, 4) is 0 Å². The van der Waals surface area contributed by atoms with Crippen molar-refractivity contribution in [1.82, 2.24) is 0 Å². The minimum atomic E-state index is 0.507. The van der Waals surface area contributed by atoms with E-state index >= 15 is 0 Å². The molecule has 1 saturated carbocycles. The molecule has 84 valence electrons. The molecule has 2 aliphatic rings. The number of thioether (sulfide) groups is 1. The Morgan fingerprint density at radius 2 is 2.12 bits per heavy atom. The lowest BCUT2D eigenvalue weighted by Crippen LogP contribution is -2.28. The molecular formula is C13H16N2S. The van der Waals surface area contributed by atoms with Crippen LogP contribution in [0.3, 0.4) is 0 Å². The van der Waals surface area contributed by atoms with Crippen molar-refractivity contribution in [3.05, 3.63) is 23.8 Å². The highest BCUT2D eigenvalue weighted by Crippen LogP contribution is 2.47. The zero-order chi connectivity index (χ0) is 11.1. The van der Waals surface area contributed by atoms with E-state index in [0.717, 1.165) is 11.5 Å². The third-order valence-electron chi connectivity index (χ3n) is 3.78. The van der Waals surface area contributed by atoms with E-state index in [-0.39, 0.29) is 0 Å². The molecule has 0 bridgehead atoms. The average Bonchev–Trinajstić information content (AvgIpc) is 2.78. The normalized spacial score (nSPS) is 27.2. The number of rotatable bonds is 1. The van der Waals surface area contributed by atoms with E-state index in [1.54, 1.807) is 11.8 Å². The summed E-state index contributed by atoms with van der Waals surface area (Å²) in [6.07, 6.45) is 5.86. The fourth-order valence-electron chi connectivity index (χ4n) is 2.97. The molecule has 2 atom stereocenters. The summed E-state index contributed by atoms with van der Waals surface area (Å²) in [7, 11) is 0. The molecule has 0 radical (unpaired) electrons. The summed E-state index contributed by atoms with van der Waals surface area (Å²) in [5.74, 6) is 1.99.